The molecule has 0 aromatic carbocycles. The summed E-state index contributed by atoms with van der Waals surface area (Å²) >= 11 is 0. The fourth-order valence-corrected chi connectivity index (χ4v) is 1.92. The molecule has 1 aliphatic heterocycles. The van der Waals surface area contributed by atoms with Gasteiger partial charge < -0.3 is 10.6 Å². The van der Waals surface area contributed by atoms with Crippen molar-refractivity contribution in [2.45, 2.75) is 38.4 Å². The lowest BCUT2D eigenvalue weighted by atomic mass is 9.94. The maximum atomic E-state index is 12.7. The van der Waals surface area contributed by atoms with Crippen LogP contribution in [-0.4, -0.2) is 31.2 Å². The molecule has 2 N–H and O–H groups in total. The molecule has 1 rings (SSSR count). The van der Waals surface area contributed by atoms with Crippen molar-refractivity contribution in [2.24, 2.45) is 5.92 Å². The Labute approximate surface area is 92.8 Å². The van der Waals surface area contributed by atoms with Crippen LogP contribution >= 0.6 is 0 Å². The van der Waals surface area contributed by atoms with Gasteiger partial charge in [-0.25, -0.2) is 0 Å². The predicted molar refractivity (Wildman–Crippen MR) is 53.9 cm³/mol. The van der Waals surface area contributed by atoms with E-state index in [2.05, 4.69) is 10.6 Å². The first-order valence-electron chi connectivity index (χ1n) is 5.52. The largest absolute Gasteiger partial charge is 0.393 e. The van der Waals surface area contributed by atoms with Crippen LogP contribution in [0.1, 0.15) is 26.2 Å². The summed E-state index contributed by atoms with van der Waals surface area (Å²) in [7, 11) is 0. The molecule has 6 heteroatoms. The molecule has 0 aromatic heterocycles. The maximum Gasteiger partial charge on any atom is 0.393 e. The fourth-order valence-electron chi connectivity index (χ4n) is 1.92. The molecule has 1 saturated heterocycles. The summed E-state index contributed by atoms with van der Waals surface area (Å²) in [5.41, 5.74) is 0. The average Bonchev–Trinajstić information content (AvgIpc) is 2.42. The van der Waals surface area contributed by atoms with E-state index in [0.717, 1.165) is 0 Å². The average molecular weight is 238 g/mol. The predicted octanol–water partition coefficient (Wildman–Crippen LogP) is 1.44. The van der Waals surface area contributed by atoms with Gasteiger partial charge in [0.25, 0.3) is 0 Å². The second-order valence-corrected chi connectivity index (χ2v) is 4.00. The summed E-state index contributed by atoms with van der Waals surface area (Å²) < 4.78 is 38.2. The summed E-state index contributed by atoms with van der Waals surface area (Å²) in [6.45, 7) is 2.50. The van der Waals surface area contributed by atoms with Gasteiger partial charge in [0.2, 0.25) is 5.91 Å². The van der Waals surface area contributed by atoms with Crippen LogP contribution < -0.4 is 10.6 Å². The van der Waals surface area contributed by atoms with Crippen molar-refractivity contribution in [1.82, 2.24) is 10.6 Å². The minimum absolute atomic E-state index is 0.0260. The molecule has 0 saturated carbocycles. The van der Waals surface area contributed by atoms with E-state index in [9.17, 15) is 18.0 Å². The molecule has 0 radical (unpaired) electrons. The van der Waals surface area contributed by atoms with Gasteiger partial charge in [0.15, 0.2) is 0 Å². The van der Waals surface area contributed by atoms with Crippen molar-refractivity contribution < 1.29 is 18.0 Å². The van der Waals surface area contributed by atoms with Crippen molar-refractivity contribution >= 4 is 5.91 Å². The van der Waals surface area contributed by atoms with E-state index in [-0.39, 0.29) is 18.7 Å². The lowest BCUT2D eigenvalue weighted by molar-refractivity contribution is -0.183. The third-order valence-electron chi connectivity index (χ3n) is 2.84. The van der Waals surface area contributed by atoms with E-state index in [4.69, 9.17) is 0 Å². The summed E-state index contributed by atoms with van der Waals surface area (Å²) in [5.74, 6) is -1.75. The molecule has 94 valence electrons. The molecular weight excluding hydrogens is 221 g/mol. The molecule has 0 bridgehead atoms. The van der Waals surface area contributed by atoms with Gasteiger partial charge in [-0.15, -0.1) is 0 Å². The number of rotatable bonds is 2. The Morgan fingerprint density at radius 2 is 2.00 bits per heavy atom. The molecule has 2 atom stereocenters. The minimum atomic E-state index is -4.24. The summed E-state index contributed by atoms with van der Waals surface area (Å²) in [5, 5.41) is 5.39. The zero-order chi connectivity index (χ0) is 12.2. The second kappa shape index (κ2) is 5.52. The standard InChI is InChI=1S/C10H17F3N2O/c1-2-9(16)15-8-4-6-14-5-3-7(8)10(11,12)13/h7-8,14H,2-6H2,1H3,(H,15,16). The van der Waals surface area contributed by atoms with E-state index in [1.807, 2.05) is 0 Å². The van der Waals surface area contributed by atoms with Crippen molar-refractivity contribution in [1.29, 1.82) is 0 Å². The maximum absolute atomic E-state index is 12.7. The highest BCUT2D eigenvalue weighted by Crippen LogP contribution is 2.33. The molecule has 1 fully saturated rings. The van der Waals surface area contributed by atoms with Crippen LogP contribution in [0.5, 0.6) is 0 Å². The number of hydrogen-bond acceptors (Lipinski definition) is 2. The first-order chi connectivity index (χ1) is 7.45. The van der Waals surface area contributed by atoms with Crippen LogP contribution in [0.25, 0.3) is 0 Å². The van der Waals surface area contributed by atoms with Crippen molar-refractivity contribution in [3.63, 3.8) is 0 Å². The van der Waals surface area contributed by atoms with E-state index >= 15 is 0 Å². The molecule has 1 amide bonds. The van der Waals surface area contributed by atoms with Gasteiger partial charge in [-0.3, -0.25) is 4.79 Å². The Hall–Kier alpha value is -0.780. The monoisotopic (exact) mass is 238 g/mol. The Morgan fingerprint density at radius 3 is 2.56 bits per heavy atom. The Balaban J connectivity index is 2.70. The first kappa shape index (κ1) is 13.3. The molecule has 2 unspecified atom stereocenters. The third kappa shape index (κ3) is 3.66. The SMILES string of the molecule is CCC(=O)NC1CCNCCC1C(F)(F)F. The quantitative estimate of drug-likeness (QED) is 0.764. The molecule has 1 aliphatic rings. The van der Waals surface area contributed by atoms with E-state index < -0.39 is 18.1 Å². The van der Waals surface area contributed by atoms with Gasteiger partial charge in [0.05, 0.1) is 5.92 Å². The van der Waals surface area contributed by atoms with Crippen LogP contribution in [-0.2, 0) is 4.79 Å². The van der Waals surface area contributed by atoms with Crippen LogP contribution in [0, 0.1) is 5.92 Å². The van der Waals surface area contributed by atoms with E-state index in [1.165, 1.54) is 0 Å². The molecule has 3 nitrogen and oxygen atoms in total. The van der Waals surface area contributed by atoms with E-state index in [0.29, 0.717) is 19.5 Å². The van der Waals surface area contributed by atoms with Crippen molar-refractivity contribution in [3.8, 4) is 0 Å². The highest BCUT2D eigenvalue weighted by Gasteiger charge is 2.45. The number of halogens is 3. The number of alkyl halides is 3. The summed E-state index contributed by atoms with van der Waals surface area (Å²) in [6, 6.07) is -0.789. The lowest BCUT2D eigenvalue weighted by Gasteiger charge is -2.27. The zero-order valence-corrected chi connectivity index (χ0v) is 9.23. The summed E-state index contributed by atoms with van der Waals surface area (Å²) in [6.07, 6.45) is -3.67. The molecule has 1 heterocycles. The fraction of sp³-hybridized carbons (Fsp3) is 0.900. The molecule has 16 heavy (non-hydrogen) atoms. The van der Waals surface area contributed by atoms with Crippen LogP contribution in [0.3, 0.4) is 0 Å². The number of amides is 1. The molecular formula is C10H17F3N2O. The Morgan fingerprint density at radius 1 is 1.38 bits per heavy atom. The van der Waals surface area contributed by atoms with Gasteiger partial charge in [0.1, 0.15) is 0 Å². The Bertz CT molecular complexity index is 243. The smallest absolute Gasteiger partial charge is 0.353 e. The van der Waals surface area contributed by atoms with Gasteiger partial charge in [-0.2, -0.15) is 13.2 Å². The minimum Gasteiger partial charge on any atom is -0.353 e. The summed E-state index contributed by atoms with van der Waals surface area (Å²) in [4.78, 5) is 11.2. The van der Waals surface area contributed by atoms with Gasteiger partial charge in [-0.05, 0) is 25.9 Å². The highest BCUT2D eigenvalue weighted by molar-refractivity contribution is 5.75. The third-order valence-corrected chi connectivity index (χ3v) is 2.84. The van der Waals surface area contributed by atoms with E-state index in [1.54, 1.807) is 6.92 Å². The molecule has 0 aliphatic carbocycles. The van der Waals surface area contributed by atoms with Crippen LogP contribution in [0.4, 0.5) is 13.2 Å². The highest BCUT2D eigenvalue weighted by atomic mass is 19.4. The number of carbonyl (C=O) groups is 1. The number of carbonyl (C=O) groups excluding carboxylic acids is 1. The van der Waals surface area contributed by atoms with Gasteiger partial charge in [0, 0.05) is 12.5 Å². The number of nitrogens with one attached hydrogen (secondary N) is 2. The van der Waals surface area contributed by atoms with Crippen LogP contribution in [0.2, 0.25) is 0 Å². The number of hydrogen-bond donors (Lipinski definition) is 2. The lowest BCUT2D eigenvalue weighted by Crippen LogP contribution is -2.45. The Kier molecular flexibility index (Phi) is 4.58. The van der Waals surface area contributed by atoms with Crippen molar-refractivity contribution in [2.75, 3.05) is 13.1 Å². The normalized spacial score (nSPS) is 27.2. The molecule has 0 aromatic rings. The van der Waals surface area contributed by atoms with Gasteiger partial charge in [-0.1, -0.05) is 6.92 Å². The topological polar surface area (TPSA) is 41.1 Å². The van der Waals surface area contributed by atoms with Gasteiger partial charge >= 0.3 is 6.18 Å². The second-order valence-electron chi connectivity index (χ2n) is 4.00. The van der Waals surface area contributed by atoms with Crippen LogP contribution in [0.15, 0.2) is 0 Å². The first-order valence-corrected chi connectivity index (χ1v) is 5.52. The zero-order valence-electron chi connectivity index (χ0n) is 9.23. The molecule has 0 spiro atoms. The van der Waals surface area contributed by atoms with Crippen molar-refractivity contribution in [3.05, 3.63) is 0 Å².